The Kier molecular flexibility index (Phi) is 4.34. The highest BCUT2D eigenvalue weighted by molar-refractivity contribution is 6.44. The molecule has 3 aliphatic rings. The van der Waals surface area contributed by atoms with Crippen LogP contribution in [0, 0.1) is 5.92 Å². The third kappa shape index (κ3) is 3.49. The molecule has 21 heavy (non-hydrogen) atoms. The van der Waals surface area contributed by atoms with Crippen LogP contribution >= 0.6 is 11.6 Å². The Labute approximate surface area is 130 Å². The maximum absolute atomic E-state index is 12.2. The van der Waals surface area contributed by atoms with Crippen molar-refractivity contribution in [1.29, 1.82) is 0 Å². The summed E-state index contributed by atoms with van der Waals surface area (Å²) in [6.45, 7) is 6.50. The Bertz CT molecular complexity index is 500. The first kappa shape index (κ1) is 14.6. The largest absolute Gasteiger partial charge is 0.374 e. The second kappa shape index (κ2) is 6.22. The van der Waals surface area contributed by atoms with Crippen molar-refractivity contribution in [3.05, 3.63) is 23.9 Å². The Morgan fingerprint density at radius 3 is 2.71 bits per heavy atom. The number of nitrogens with zero attached hydrogens (tertiary/aromatic N) is 2. The molecule has 2 fully saturated rings. The van der Waals surface area contributed by atoms with E-state index in [1.165, 1.54) is 18.4 Å². The normalized spacial score (nSPS) is 22.8. The van der Waals surface area contributed by atoms with E-state index < -0.39 is 0 Å². The second-order valence-corrected chi connectivity index (χ2v) is 6.40. The average molecular weight is 308 g/mol. The molecule has 3 rings (SSSR count). The third-order valence-corrected chi connectivity index (χ3v) is 4.83. The second-order valence-electron chi connectivity index (χ2n) is 6.13. The zero-order chi connectivity index (χ0) is 14.8. The van der Waals surface area contributed by atoms with Gasteiger partial charge in [-0.1, -0.05) is 6.58 Å². The number of alkyl halides is 1. The number of likely N-dealkylation sites (tertiary alicyclic amines) is 1. The minimum Gasteiger partial charge on any atom is -0.374 e. The van der Waals surface area contributed by atoms with Crippen LogP contribution in [0.3, 0.4) is 0 Å². The molecule has 114 valence electrons. The van der Waals surface area contributed by atoms with Gasteiger partial charge in [-0.3, -0.25) is 9.79 Å². The van der Waals surface area contributed by atoms with Crippen molar-refractivity contribution >= 4 is 23.2 Å². The summed E-state index contributed by atoms with van der Waals surface area (Å²) in [5.41, 5.74) is 2.93. The van der Waals surface area contributed by atoms with E-state index >= 15 is 0 Å². The number of amides is 1. The molecule has 1 amide bonds. The van der Waals surface area contributed by atoms with Gasteiger partial charge in [0.1, 0.15) is 5.71 Å². The first-order valence-electron chi connectivity index (χ1n) is 7.72. The monoisotopic (exact) mass is 307 g/mol. The lowest BCUT2D eigenvalue weighted by atomic mass is 10.0. The van der Waals surface area contributed by atoms with E-state index in [0.717, 1.165) is 38.2 Å². The van der Waals surface area contributed by atoms with Crippen LogP contribution in [0.25, 0.3) is 0 Å². The SMILES string of the molecule is C=C(CCl)N1CCC(NC(=O)C2=NCC(C3CC3)=C2)CC1. The molecule has 0 aromatic heterocycles. The summed E-state index contributed by atoms with van der Waals surface area (Å²) in [4.78, 5) is 18.8. The van der Waals surface area contributed by atoms with E-state index in [0.29, 0.717) is 17.5 Å². The standard InChI is InChI=1S/C16H22ClN3O/c1-11(9-17)20-6-4-14(5-7-20)19-16(21)15-8-13(10-18-15)12-2-3-12/h8,12,14H,1-7,9-10H2,(H,19,21). The topological polar surface area (TPSA) is 44.7 Å². The molecule has 2 heterocycles. The summed E-state index contributed by atoms with van der Waals surface area (Å²) in [6, 6.07) is 0.234. The number of allylic oxidation sites excluding steroid dienone is 1. The number of hydrogen-bond donors (Lipinski definition) is 1. The van der Waals surface area contributed by atoms with Crippen LogP contribution in [0.2, 0.25) is 0 Å². The molecule has 2 aliphatic heterocycles. The molecular formula is C16H22ClN3O. The number of rotatable bonds is 5. The summed E-state index contributed by atoms with van der Waals surface area (Å²) >= 11 is 5.80. The molecule has 4 nitrogen and oxygen atoms in total. The van der Waals surface area contributed by atoms with Crippen LogP contribution < -0.4 is 5.32 Å². The number of carbonyl (C=O) groups excluding carboxylic acids is 1. The molecule has 0 aromatic carbocycles. The van der Waals surface area contributed by atoms with Gasteiger partial charge in [-0.15, -0.1) is 11.6 Å². The van der Waals surface area contributed by atoms with Gasteiger partial charge in [0.05, 0.1) is 12.4 Å². The van der Waals surface area contributed by atoms with E-state index in [-0.39, 0.29) is 11.9 Å². The minimum absolute atomic E-state index is 0.0136. The van der Waals surface area contributed by atoms with Crippen molar-refractivity contribution in [3.8, 4) is 0 Å². The maximum atomic E-state index is 12.2. The number of hydrogen-bond acceptors (Lipinski definition) is 3. The lowest BCUT2D eigenvalue weighted by Crippen LogP contribution is -2.46. The predicted octanol–water partition coefficient (Wildman–Crippen LogP) is 2.11. The number of nitrogens with one attached hydrogen (secondary N) is 1. The van der Waals surface area contributed by atoms with E-state index in [1.807, 2.05) is 6.08 Å². The van der Waals surface area contributed by atoms with Crippen molar-refractivity contribution in [3.63, 3.8) is 0 Å². The van der Waals surface area contributed by atoms with Gasteiger partial charge in [0.25, 0.3) is 5.91 Å². The van der Waals surface area contributed by atoms with Gasteiger partial charge >= 0.3 is 0 Å². The Hall–Kier alpha value is -1.29. The van der Waals surface area contributed by atoms with Crippen molar-refractivity contribution in [2.45, 2.75) is 31.7 Å². The van der Waals surface area contributed by atoms with E-state index in [1.54, 1.807) is 0 Å². The van der Waals surface area contributed by atoms with Crippen molar-refractivity contribution in [2.24, 2.45) is 10.9 Å². The fourth-order valence-electron chi connectivity index (χ4n) is 2.97. The van der Waals surface area contributed by atoms with Gasteiger partial charge in [0.2, 0.25) is 0 Å². The van der Waals surface area contributed by atoms with Gasteiger partial charge in [-0.05, 0) is 43.3 Å². The summed E-state index contributed by atoms with van der Waals surface area (Å²) in [6.07, 6.45) is 6.40. The van der Waals surface area contributed by atoms with Crippen LogP contribution in [-0.2, 0) is 4.79 Å². The van der Waals surface area contributed by atoms with Crippen LogP contribution in [0.4, 0.5) is 0 Å². The Morgan fingerprint density at radius 2 is 2.10 bits per heavy atom. The molecule has 1 saturated carbocycles. The van der Waals surface area contributed by atoms with Crippen LogP contribution in [0.15, 0.2) is 28.9 Å². The third-order valence-electron chi connectivity index (χ3n) is 4.52. The van der Waals surface area contributed by atoms with Gasteiger partial charge in [0, 0.05) is 24.8 Å². The van der Waals surface area contributed by atoms with Gasteiger partial charge in [0.15, 0.2) is 0 Å². The molecule has 0 atom stereocenters. The molecule has 0 radical (unpaired) electrons. The zero-order valence-electron chi connectivity index (χ0n) is 12.3. The van der Waals surface area contributed by atoms with Gasteiger partial charge in [-0.2, -0.15) is 0 Å². The number of halogens is 1. The molecule has 0 bridgehead atoms. The highest BCUT2D eigenvalue weighted by atomic mass is 35.5. The van der Waals surface area contributed by atoms with Crippen LogP contribution in [0.1, 0.15) is 25.7 Å². The predicted molar refractivity (Wildman–Crippen MR) is 85.7 cm³/mol. The fraction of sp³-hybridized carbons (Fsp3) is 0.625. The molecular weight excluding hydrogens is 286 g/mol. The van der Waals surface area contributed by atoms with Gasteiger partial charge < -0.3 is 10.2 Å². The van der Waals surface area contributed by atoms with Crippen LogP contribution in [0.5, 0.6) is 0 Å². The smallest absolute Gasteiger partial charge is 0.269 e. The Morgan fingerprint density at radius 1 is 1.38 bits per heavy atom. The molecule has 0 unspecified atom stereocenters. The lowest BCUT2D eigenvalue weighted by molar-refractivity contribution is -0.115. The molecule has 1 saturated heterocycles. The average Bonchev–Trinajstić information content (AvgIpc) is 3.24. The lowest BCUT2D eigenvalue weighted by Gasteiger charge is -2.34. The van der Waals surface area contributed by atoms with Crippen LogP contribution in [-0.4, -0.2) is 48.1 Å². The molecule has 0 aromatic rings. The minimum atomic E-state index is -0.0136. The Balaban J connectivity index is 1.47. The highest BCUT2D eigenvalue weighted by Gasteiger charge is 2.30. The summed E-state index contributed by atoms with van der Waals surface area (Å²) < 4.78 is 0. The summed E-state index contributed by atoms with van der Waals surface area (Å²) in [5.74, 6) is 1.16. The van der Waals surface area contributed by atoms with Crippen molar-refractivity contribution < 1.29 is 4.79 Å². The van der Waals surface area contributed by atoms with E-state index in [2.05, 4.69) is 21.8 Å². The molecule has 1 aliphatic carbocycles. The number of carbonyl (C=O) groups is 1. The van der Waals surface area contributed by atoms with Crippen molar-refractivity contribution in [2.75, 3.05) is 25.5 Å². The number of aliphatic imine (C=N–C) groups is 1. The molecule has 5 heteroatoms. The summed E-state index contributed by atoms with van der Waals surface area (Å²) in [7, 11) is 0. The van der Waals surface area contributed by atoms with E-state index in [4.69, 9.17) is 11.6 Å². The first-order chi connectivity index (χ1) is 10.2. The number of piperidine rings is 1. The zero-order valence-corrected chi connectivity index (χ0v) is 13.0. The molecule has 1 N–H and O–H groups in total. The summed E-state index contributed by atoms with van der Waals surface area (Å²) in [5, 5.41) is 3.11. The first-order valence-corrected chi connectivity index (χ1v) is 8.25. The fourth-order valence-corrected chi connectivity index (χ4v) is 3.13. The maximum Gasteiger partial charge on any atom is 0.269 e. The molecule has 0 spiro atoms. The quantitative estimate of drug-likeness (QED) is 0.791. The van der Waals surface area contributed by atoms with Gasteiger partial charge in [-0.25, -0.2) is 0 Å². The highest BCUT2D eigenvalue weighted by Crippen LogP contribution is 2.37. The van der Waals surface area contributed by atoms with E-state index in [9.17, 15) is 4.79 Å². The van der Waals surface area contributed by atoms with Crippen molar-refractivity contribution in [1.82, 2.24) is 10.2 Å².